The van der Waals surface area contributed by atoms with Gasteiger partial charge in [-0.15, -0.1) is 0 Å². The van der Waals surface area contributed by atoms with Crippen LogP contribution in [0.1, 0.15) is 38.8 Å². The summed E-state index contributed by atoms with van der Waals surface area (Å²) in [6.07, 6.45) is 0.926. The second-order valence-electron chi connectivity index (χ2n) is 6.87. The van der Waals surface area contributed by atoms with E-state index in [-0.39, 0.29) is 0 Å². The topological polar surface area (TPSA) is 18.5 Å². The molecule has 0 radical (unpaired) electrons. The van der Waals surface area contributed by atoms with Gasteiger partial charge in [-0.05, 0) is 53.6 Å². The third-order valence-electron chi connectivity index (χ3n) is 3.42. The highest BCUT2D eigenvalue weighted by atomic mass is 16.5. The van der Waals surface area contributed by atoms with Crippen molar-refractivity contribution in [3.05, 3.63) is 59.7 Å². The molecule has 0 aliphatic carbocycles. The molecule has 0 unspecified atom stereocenters. The monoisotopic (exact) mass is 312 g/mol. The van der Waals surface area contributed by atoms with Gasteiger partial charge in [0.1, 0.15) is 11.5 Å². The number of hydrogen-bond acceptors (Lipinski definition) is 2. The van der Waals surface area contributed by atoms with Gasteiger partial charge in [-0.25, -0.2) is 0 Å². The van der Waals surface area contributed by atoms with Gasteiger partial charge in [0.15, 0.2) is 0 Å². The Kier molecular flexibility index (Phi) is 6.52. The summed E-state index contributed by atoms with van der Waals surface area (Å²) in [6, 6.07) is 16.8. The van der Waals surface area contributed by atoms with Gasteiger partial charge in [0.05, 0.1) is 13.2 Å². The highest BCUT2D eigenvalue weighted by Crippen LogP contribution is 2.18. The molecular weight excluding hydrogens is 284 g/mol. The van der Waals surface area contributed by atoms with Crippen LogP contribution < -0.4 is 9.47 Å². The van der Waals surface area contributed by atoms with E-state index in [9.17, 15) is 0 Å². The standard InChI is InChI=1S/C21H28O2/c1-16(2)14-22-20-9-5-18(6-10-20)13-19-7-11-21(12-8-19)23-15-17(3)4/h5-12,16-17H,13-15H2,1-4H3. The van der Waals surface area contributed by atoms with E-state index in [0.717, 1.165) is 31.1 Å². The van der Waals surface area contributed by atoms with E-state index in [4.69, 9.17) is 9.47 Å². The summed E-state index contributed by atoms with van der Waals surface area (Å²) >= 11 is 0. The summed E-state index contributed by atoms with van der Waals surface area (Å²) in [5, 5.41) is 0. The van der Waals surface area contributed by atoms with Gasteiger partial charge < -0.3 is 9.47 Å². The van der Waals surface area contributed by atoms with E-state index in [2.05, 4.69) is 76.2 Å². The minimum atomic E-state index is 0.547. The van der Waals surface area contributed by atoms with Crippen molar-refractivity contribution >= 4 is 0 Å². The van der Waals surface area contributed by atoms with Crippen molar-refractivity contribution in [3.8, 4) is 11.5 Å². The fraction of sp³-hybridized carbons (Fsp3) is 0.429. The third-order valence-corrected chi connectivity index (χ3v) is 3.42. The zero-order chi connectivity index (χ0) is 16.7. The van der Waals surface area contributed by atoms with Crippen LogP contribution in [0, 0.1) is 11.8 Å². The fourth-order valence-electron chi connectivity index (χ4n) is 2.17. The first-order valence-corrected chi connectivity index (χ1v) is 8.46. The van der Waals surface area contributed by atoms with Crippen molar-refractivity contribution < 1.29 is 9.47 Å². The largest absolute Gasteiger partial charge is 0.493 e. The molecule has 0 aliphatic heterocycles. The zero-order valence-corrected chi connectivity index (χ0v) is 14.7. The Morgan fingerprint density at radius 3 is 1.26 bits per heavy atom. The van der Waals surface area contributed by atoms with Crippen LogP contribution in [-0.4, -0.2) is 13.2 Å². The van der Waals surface area contributed by atoms with Gasteiger partial charge in [0.2, 0.25) is 0 Å². The molecule has 2 aromatic carbocycles. The summed E-state index contributed by atoms with van der Waals surface area (Å²) in [7, 11) is 0. The van der Waals surface area contributed by atoms with Crippen LogP contribution >= 0.6 is 0 Å². The van der Waals surface area contributed by atoms with Crippen LogP contribution in [-0.2, 0) is 6.42 Å². The average molecular weight is 312 g/mol. The quantitative estimate of drug-likeness (QED) is 0.654. The normalized spacial score (nSPS) is 11.0. The van der Waals surface area contributed by atoms with Gasteiger partial charge in [-0.1, -0.05) is 52.0 Å². The number of hydrogen-bond donors (Lipinski definition) is 0. The maximum atomic E-state index is 5.72. The summed E-state index contributed by atoms with van der Waals surface area (Å²) in [5.41, 5.74) is 2.58. The van der Waals surface area contributed by atoms with Crippen molar-refractivity contribution in [3.63, 3.8) is 0 Å². The van der Waals surface area contributed by atoms with Gasteiger partial charge in [-0.2, -0.15) is 0 Å². The minimum absolute atomic E-state index is 0.547. The maximum Gasteiger partial charge on any atom is 0.119 e. The molecule has 0 amide bonds. The van der Waals surface area contributed by atoms with Gasteiger partial charge in [0.25, 0.3) is 0 Å². The summed E-state index contributed by atoms with van der Waals surface area (Å²) in [5.74, 6) is 2.98. The maximum absolute atomic E-state index is 5.72. The molecule has 0 atom stereocenters. The average Bonchev–Trinajstić information content (AvgIpc) is 2.53. The lowest BCUT2D eigenvalue weighted by Crippen LogP contribution is -2.04. The van der Waals surface area contributed by atoms with Crippen LogP contribution in [0.5, 0.6) is 11.5 Å². The van der Waals surface area contributed by atoms with E-state index in [0.29, 0.717) is 11.8 Å². The second-order valence-corrected chi connectivity index (χ2v) is 6.87. The molecule has 0 spiro atoms. The third kappa shape index (κ3) is 6.35. The van der Waals surface area contributed by atoms with Crippen LogP contribution in [0.4, 0.5) is 0 Å². The molecule has 2 nitrogen and oxygen atoms in total. The molecule has 2 rings (SSSR count). The Hall–Kier alpha value is -1.96. The number of rotatable bonds is 8. The Labute approximate surface area is 140 Å². The number of ether oxygens (including phenoxy) is 2. The Morgan fingerprint density at radius 2 is 0.957 bits per heavy atom. The van der Waals surface area contributed by atoms with Crippen molar-refractivity contribution in [1.29, 1.82) is 0 Å². The van der Waals surface area contributed by atoms with Crippen LogP contribution in [0.15, 0.2) is 48.5 Å². The van der Waals surface area contributed by atoms with Crippen LogP contribution in [0.2, 0.25) is 0 Å². The lowest BCUT2D eigenvalue weighted by atomic mass is 10.0. The molecule has 0 saturated heterocycles. The predicted molar refractivity (Wildman–Crippen MR) is 96.4 cm³/mol. The zero-order valence-electron chi connectivity index (χ0n) is 14.7. The lowest BCUT2D eigenvalue weighted by Gasteiger charge is -2.10. The van der Waals surface area contributed by atoms with Gasteiger partial charge in [-0.3, -0.25) is 0 Å². The molecule has 2 heteroatoms. The molecule has 0 fully saturated rings. The van der Waals surface area contributed by atoms with Gasteiger partial charge in [0, 0.05) is 0 Å². The predicted octanol–water partition coefficient (Wildman–Crippen LogP) is 5.35. The van der Waals surface area contributed by atoms with Crippen molar-refractivity contribution in [2.24, 2.45) is 11.8 Å². The first-order valence-electron chi connectivity index (χ1n) is 8.46. The molecule has 0 heterocycles. The van der Waals surface area contributed by atoms with Gasteiger partial charge >= 0.3 is 0 Å². The van der Waals surface area contributed by atoms with E-state index in [1.165, 1.54) is 11.1 Å². The van der Waals surface area contributed by atoms with E-state index in [1.54, 1.807) is 0 Å². The number of benzene rings is 2. The lowest BCUT2D eigenvalue weighted by molar-refractivity contribution is 0.271. The first-order chi connectivity index (χ1) is 11.0. The van der Waals surface area contributed by atoms with Crippen LogP contribution in [0.25, 0.3) is 0 Å². The Bertz CT molecular complexity index is 514. The smallest absolute Gasteiger partial charge is 0.119 e. The molecule has 0 aromatic heterocycles. The summed E-state index contributed by atoms with van der Waals surface area (Å²) in [6.45, 7) is 10.1. The summed E-state index contributed by atoms with van der Waals surface area (Å²) < 4.78 is 11.4. The highest BCUT2D eigenvalue weighted by molar-refractivity contribution is 5.34. The molecule has 124 valence electrons. The van der Waals surface area contributed by atoms with Crippen molar-refractivity contribution in [2.75, 3.05) is 13.2 Å². The minimum Gasteiger partial charge on any atom is -0.493 e. The molecule has 0 N–H and O–H groups in total. The molecule has 2 aromatic rings. The molecule has 0 aliphatic rings. The van der Waals surface area contributed by atoms with Crippen molar-refractivity contribution in [2.45, 2.75) is 34.1 Å². The van der Waals surface area contributed by atoms with E-state index in [1.807, 2.05) is 0 Å². The molecule has 23 heavy (non-hydrogen) atoms. The fourth-order valence-corrected chi connectivity index (χ4v) is 2.17. The van der Waals surface area contributed by atoms with Crippen LogP contribution in [0.3, 0.4) is 0 Å². The second kappa shape index (κ2) is 8.61. The Morgan fingerprint density at radius 1 is 0.609 bits per heavy atom. The molecule has 0 saturated carbocycles. The van der Waals surface area contributed by atoms with Crippen molar-refractivity contribution in [1.82, 2.24) is 0 Å². The first kappa shape index (κ1) is 17.4. The highest BCUT2D eigenvalue weighted by Gasteiger charge is 2.01. The SMILES string of the molecule is CC(C)COc1ccc(Cc2ccc(OCC(C)C)cc2)cc1. The molecular formula is C21H28O2. The van der Waals surface area contributed by atoms with E-state index >= 15 is 0 Å². The summed E-state index contributed by atoms with van der Waals surface area (Å²) in [4.78, 5) is 0. The van der Waals surface area contributed by atoms with E-state index < -0.39 is 0 Å². The Balaban J connectivity index is 1.88. The molecule has 0 bridgehead atoms.